The first-order valence-electron chi connectivity index (χ1n) is 9.45. The van der Waals surface area contributed by atoms with E-state index in [1.807, 2.05) is 12.1 Å². The maximum atomic E-state index is 13.1. The number of nitrogens with one attached hydrogen (secondary N) is 1. The fourth-order valence-electron chi connectivity index (χ4n) is 3.07. The lowest BCUT2D eigenvalue weighted by molar-refractivity contribution is 0.302. The van der Waals surface area contributed by atoms with E-state index in [2.05, 4.69) is 36.0 Å². The number of hydrogen-bond acceptors (Lipinski definition) is 3. The molecular weight excluding hydrogens is 377 g/mol. The fourth-order valence-corrected chi connectivity index (χ4v) is 3.41. The molecule has 6 heteroatoms. The Morgan fingerprint density at radius 3 is 2.46 bits per heavy atom. The van der Waals surface area contributed by atoms with Crippen LogP contribution < -0.4 is 4.74 Å². The van der Waals surface area contributed by atoms with E-state index < -0.39 is 0 Å². The molecule has 0 aliphatic heterocycles. The number of ether oxygens (including phenoxy) is 1. The minimum atomic E-state index is -0.259. The number of nitrogens with zero attached hydrogens (tertiary/aromatic N) is 2. The van der Waals surface area contributed by atoms with Crippen molar-refractivity contribution in [3.8, 4) is 17.1 Å². The van der Waals surface area contributed by atoms with E-state index in [-0.39, 0.29) is 11.2 Å². The highest BCUT2D eigenvalue weighted by Crippen LogP contribution is 2.48. The van der Waals surface area contributed by atoms with Crippen LogP contribution in [0.1, 0.15) is 56.4 Å². The Hall–Kier alpha value is -2.40. The Morgan fingerprint density at radius 2 is 1.86 bits per heavy atom. The number of halogens is 2. The van der Waals surface area contributed by atoms with Crippen LogP contribution in [-0.4, -0.2) is 15.2 Å². The summed E-state index contributed by atoms with van der Waals surface area (Å²) >= 11 is 6.54. The molecule has 146 valence electrons. The highest BCUT2D eigenvalue weighted by molar-refractivity contribution is 6.30. The number of pyridine rings is 1. The predicted molar refractivity (Wildman–Crippen MR) is 108 cm³/mol. The molecule has 0 unspecified atom stereocenters. The summed E-state index contributed by atoms with van der Waals surface area (Å²) in [5, 5.41) is 7.96. The lowest BCUT2D eigenvalue weighted by Gasteiger charge is -2.15. The highest BCUT2D eigenvalue weighted by Gasteiger charge is 2.31. The minimum absolute atomic E-state index is 0.0368. The van der Waals surface area contributed by atoms with Gasteiger partial charge in [0, 0.05) is 22.7 Å². The summed E-state index contributed by atoms with van der Waals surface area (Å²) in [6.07, 6.45) is 2.18. The van der Waals surface area contributed by atoms with Gasteiger partial charge in [0.2, 0.25) is 0 Å². The Bertz CT molecular complexity index is 988. The van der Waals surface area contributed by atoms with Gasteiger partial charge >= 0.3 is 0 Å². The summed E-state index contributed by atoms with van der Waals surface area (Å²) < 4.78 is 19.2. The van der Waals surface area contributed by atoms with E-state index >= 15 is 0 Å². The Morgan fingerprint density at radius 1 is 1.14 bits per heavy atom. The van der Waals surface area contributed by atoms with E-state index in [1.165, 1.54) is 12.1 Å². The van der Waals surface area contributed by atoms with Crippen molar-refractivity contribution in [2.24, 2.45) is 0 Å². The van der Waals surface area contributed by atoms with Gasteiger partial charge in [-0.2, -0.15) is 5.10 Å². The van der Waals surface area contributed by atoms with Gasteiger partial charge in [-0.1, -0.05) is 44.5 Å². The number of H-pyrrole nitrogens is 1. The summed E-state index contributed by atoms with van der Waals surface area (Å²) in [6.45, 7) is 6.71. The van der Waals surface area contributed by atoms with E-state index in [4.69, 9.17) is 16.3 Å². The van der Waals surface area contributed by atoms with Gasteiger partial charge in [-0.3, -0.25) is 5.10 Å². The first-order valence-corrected chi connectivity index (χ1v) is 9.83. The standard InChI is InChI=1S/C22H23ClFN3O/c1-22(2,3)19-11-17(26-27-19)16-10-18(20(14-6-7-14)21(23)25-16)28-12-13-4-8-15(24)9-5-13/h4-5,8-11,14H,6-7,12H2,1-3H3,(H,26,27). The minimum Gasteiger partial charge on any atom is -0.488 e. The number of aromatic amines is 1. The molecule has 1 aromatic carbocycles. The van der Waals surface area contributed by atoms with Crippen molar-refractivity contribution in [1.29, 1.82) is 0 Å². The molecule has 0 atom stereocenters. The first kappa shape index (κ1) is 18.9. The van der Waals surface area contributed by atoms with Crippen molar-refractivity contribution in [3.05, 3.63) is 64.2 Å². The molecular formula is C22H23ClFN3O. The molecule has 0 saturated heterocycles. The zero-order valence-electron chi connectivity index (χ0n) is 16.2. The van der Waals surface area contributed by atoms with Crippen molar-refractivity contribution < 1.29 is 9.13 Å². The van der Waals surface area contributed by atoms with E-state index in [9.17, 15) is 4.39 Å². The van der Waals surface area contributed by atoms with Gasteiger partial charge < -0.3 is 4.74 Å². The highest BCUT2D eigenvalue weighted by atomic mass is 35.5. The molecule has 2 heterocycles. The van der Waals surface area contributed by atoms with Gasteiger partial charge in [-0.25, -0.2) is 9.37 Å². The van der Waals surface area contributed by atoms with Gasteiger partial charge in [0.25, 0.3) is 0 Å². The van der Waals surface area contributed by atoms with E-state index in [0.717, 1.165) is 41.1 Å². The van der Waals surface area contributed by atoms with Crippen LogP contribution in [0.2, 0.25) is 5.15 Å². The zero-order chi connectivity index (χ0) is 19.9. The van der Waals surface area contributed by atoms with Crippen LogP contribution in [0.3, 0.4) is 0 Å². The number of benzene rings is 1. The molecule has 4 rings (SSSR count). The maximum absolute atomic E-state index is 13.1. The molecule has 0 radical (unpaired) electrons. The quantitative estimate of drug-likeness (QED) is 0.534. The SMILES string of the molecule is CC(C)(C)c1cc(-c2cc(OCc3ccc(F)cc3)c(C3CC3)c(Cl)n2)n[nH]1. The van der Waals surface area contributed by atoms with Crippen LogP contribution in [-0.2, 0) is 12.0 Å². The third-order valence-corrected chi connectivity index (χ3v) is 5.20. The average Bonchev–Trinajstić information content (AvgIpc) is 3.33. The molecule has 1 aliphatic rings. The number of aromatic nitrogens is 3. The number of hydrogen-bond donors (Lipinski definition) is 1. The molecule has 0 amide bonds. The Balaban J connectivity index is 1.66. The van der Waals surface area contributed by atoms with Gasteiger partial charge in [0.1, 0.15) is 29.0 Å². The van der Waals surface area contributed by atoms with Crippen LogP contribution in [0, 0.1) is 5.82 Å². The monoisotopic (exact) mass is 399 g/mol. The first-order chi connectivity index (χ1) is 13.3. The second-order valence-corrected chi connectivity index (χ2v) is 8.67. The zero-order valence-corrected chi connectivity index (χ0v) is 17.0. The van der Waals surface area contributed by atoms with Gasteiger partial charge in [-0.15, -0.1) is 0 Å². The maximum Gasteiger partial charge on any atom is 0.137 e. The smallest absolute Gasteiger partial charge is 0.137 e. The van der Waals surface area contributed by atoms with Crippen molar-refractivity contribution in [2.75, 3.05) is 0 Å². The molecule has 1 fully saturated rings. The summed E-state index contributed by atoms with van der Waals surface area (Å²) in [5.41, 5.74) is 4.26. The second-order valence-electron chi connectivity index (χ2n) is 8.32. The van der Waals surface area contributed by atoms with Crippen LogP contribution in [0.4, 0.5) is 4.39 Å². The fraction of sp³-hybridized carbons (Fsp3) is 0.364. The summed E-state index contributed by atoms with van der Waals surface area (Å²) in [6, 6.07) is 10.2. The van der Waals surface area contributed by atoms with Crippen molar-refractivity contribution >= 4 is 11.6 Å². The molecule has 28 heavy (non-hydrogen) atoms. The third-order valence-electron chi connectivity index (χ3n) is 4.92. The summed E-state index contributed by atoms with van der Waals surface area (Å²) in [4.78, 5) is 4.58. The van der Waals surface area contributed by atoms with Crippen molar-refractivity contribution in [1.82, 2.24) is 15.2 Å². The summed E-state index contributed by atoms with van der Waals surface area (Å²) in [5.74, 6) is 0.855. The Kier molecular flexibility index (Phi) is 4.88. The van der Waals surface area contributed by atoms with Gasteiger partial charge in [-0.05, 0) is 42.5 Å². The largest absolute Gasteiger partial charge is 0.488 e. The summed E-state index contributed by atoms with van der Waals surface area (Å²) in [7, 11) is 0. The average molecular weight is 400 g/mol. The second kappa shape index (κ2) is 7.21. The topological polar surface area (TPSA) is 50.8 Å². The van der Waals surface area contributed by atoms with Crippen molar-refractivity contribution in [3.63, 3.8) is 0 Å². The van der Waals surface area contributed by atoms with E-state index in [1.54, 1.807) is 12.1 Å². The van der Waals surface area contributed by atoms with Crippen LogP contribution in [0.5, 0.6) is 5.75 Å². The van der Waals surface area contributed by atoms with Crippen molar-refractivity contribution in [2.45, 2.75) is 51.6 Å². The Labute approximate surface area is 169 Å². The molecule has 2 aromatic heterocycles. The molecule has 1 N–H and O–H groups in total. The number of rotatable bonds is 5. The molecule has 1 aliphatic carbocycles. The normalized spacial score (nSPS) is 14.3. The molecule has 4 nitrogen and oxygen atoms in total. The predicted octanol–water partition coefficient (Wildman–Crippen LogP) is 6.02. The van der Waals surface area contributed by atoms with Crippen LogP contribution in [0.25, 0.3) is 11.4 Å². The molecule has 1 saturated carbocycles. The molecule has 0 spiro atoms. The lowest BCUT2D eigenvalue weighted by atomic mass is 9.92. The molecule has 0 bridgehead atoms. The molecule has 3 aromatic rings. The third kappa shape index (κ3) is 4.04. The van der Waals surface area contributed by atoms with Crippen LogP contribution in [0.15, 0.2) is 36.4 Å². The van der Waals surface area contributed by atoms with E-state index in [0.29, 0.717) is 23.4 Å². The lowest BCUT2D eigenvalue weighted by Crippen LogP contribution is -2.11. The van der Waals surface area contributed by atoms with Gasteiger partial charge in [0.15, 0.2) is 0 Å². The van der Waals surface area contributed by atoms with Gasteiger partial charge in [0.05, 0.1) is 5.69 Å². The van der Waals surface area contributed by atoms with Crippen LogP contribution >= 0.6 is 11.6 Å².